The van der Waals surface area contributed by atoms with E-state index in [1.807, 2.05) is 6.92 Å². The van der Waals surface area contributed by atoms with E-state index < -0.39 is 0 Å². The van der Waals surface area contributed by atoms with Crippen molar-refractivity contribution in [2.24, 2.45) is 5.73 Å². The SMILES string of the molecule is CCOc1ccnc(N2CCCC2CCCN)n1. The maximum absolute atomic E-state index is 5.58. The van der Waals surface area contributed by atoms with Crippen molar-refractivity contribution in [3.05, 3.63) is 12.3 Å². The summed E-state index contributed by atoms with van der Waals surface area (Å²) in [5.41, 5.74) is 5.58. The minimum absolute atomic E-state index is 0.533. The van der Waals surface area contributed by atoms with E-state index >= 15 is 0 Å². The molecule has 100 valence electrons. The highest BCUT2D eigenvalue weighted by Gasteiger charge is 2.26. The maximum atomic E-state index is 5.58. The molecule has 0 spiro atoms. The molecule has 1 aliphatic heterocycles. The zero-order chi connectivity index (χ0) is 12.8. The largest absolute Gasteiger partial charge is 0.478 e. The van der Waals surface area contributed by atoms with Crippen molar-refractivity contribution in [1.82, 2.24) is 9.97 Å². The van der Waals surface area contributed by atoms with Crippen LogP contribution in [0.15, 0.2) is 12.3 Å². The molecule has 1 atom stereocenters. The number of nitrogens with zero attached hydrogens (tertiary/aromatic N) is 3. The molecule has 5 nitrogen and oxygen atoms in total. The van der Waals surface area contributed by atoms with E-state index in [1.165, 1.54) is 12.8 Å². The molecule has 2 rings (SSSR count). The molecular formula is C13H22N4O. The molecule has 2 heterocycles. The highest BCUT2D eigenvalue weighted by atomic mass is 16.5. The van der Waals surface area contributed by atoms with Gasteiger partial charge in [-0.15, -0.1) is 0 Å². The molecule has 1 fully saturated rings. The summed E-state index contributed by atoms with van der Waals surface area (Å²) in [6.45, 7) is 4.38. The molecule has 1 aromatic rings. The number of hydrogen-bond acceptors (Lipinski definition) is 5. The second-order valence-electron chi connectivity index (χ2n) is 4.55. The van der Waals surface area contributed by atoms with E-state index in [1.54, 1.807) is 12.3 Å². The minimum atomic E-state index is 0.533. The molecule has 0 aromatic carbocycles. The Bertz CT molecular complexity index is 372. The fraction of sp³-hybridized carbons (Fsp3) is 0.692. The molecule has 2 N–H and O–H groups in total. The van der Waals surface area contributed by atoms with Crippen molar-refractivity contribution in [2.75, 3.05) is 24.6 Å². The first-order valence-electron chi connectivity index (χ1n) is 6.77. The van der Waals surface area contributed by atoms with Crippen LogP contribution < -0.4 is 15.4 Å². The van der Waals surface area contributed by atoms with Gasteiger partial charge in [0.25, 0.3) is 0 Å². The zero-order valence-electron chi connectivity index (χ0n) is 11.0. The van der Waals surface area contributed by atoms with Gasteiger partial charge in [0.05, 0.1) is 6.61 Å². The Morgan fingerprint density at radius 2 is 2.44 bits per heavy atom. The van der Waals surface area contributed by atoms with Gasteiger partial charge in [0.15, 0.2) is 0 Å². The summed E-state index contributed by atoms with van der Waals surface area (Å²) >= 11 is 0. The first kappa shape index (κ1) is 13.1. The molecule has 0 bridgehead atoms. The Hall–Kier alpha value is -1.36. The van der Waals surface area contributed by atoms with Gasteiger partial charge in [-0.2, -0.15) is 4.98 Å². The molecule has 5 heteroatoms. The molecule has 1 unspecified atom stereocenters. The first-order chi connectivity index (χ1) is 8.85. The molecule has 1 saturated heterocycles. The van der Waals surface area contributed by atoms with Crippen LogP contribution in [0, 0.1) is 0 Å². The van der Waals surface area contributed by atoms with Crippen LogP contribution in [0.1, 0.15) is 32.6 Å². The van der Waals surface area contributed by atoms with Crippen molar-refractivity contribution in [1.29, 1.82) is 0 Å². The molecular weight excluding hydrogens is 228 g/mol. The van der Waals surface area contributed by atoms with Crippen LogP contribution in [0.4, 0.5) is 5.95 Å². The Kier molecular flexibility index (Phi) is 4.75. The number of hydrogen-bond donors (Lipinski definition) is 1. The predicted molar refractivity (Wildman–Crippen MR) is 71.9 cm³/mol. The van der Waals surface area contributed by atoms with E-state index in [9.17, 15) is 0 Å². The summed E-state index contributed by atoms with van der Waals surface area (Å²) in [7, 11) is 0. The lowest BCUT2D eigenvalue weighted by Crippen LogP contribution is -2.31. The molecule has 0 radical (unpaired) electrons. The Labute approximate surface area is 108 Å². The number of ether oxygens (including phenoxy) is 1. The van der Waals surface area contributed by atoms with E-state index in [0.29, 0.717) is 18.5 Å². The van der Waals surface area contributed by atoms with Crippen LogP contribution in [-0.4, -0.2) is 35.7 Å². The third-order valence-corrected chi connectivity index (χ3v) is 3.29. The summed E-state index contributed by atoms with van der Waals surface area (Å²) in [6.07, 6.45) is 6.37. The van der Waals surface area contributed by atoms with Gasteiger partial charge in [-0.25, -0.2) is 4.98 Å². The van der Waals surface area contributed by atoms with E-state index in [0.717, 1.165) is 31.9 Å². The first-order valence-corrected chi connectivity index (χ1v) is 6.77. The second-order valence-corrected chi connectivity index (χ2v) is 4.55. The summed E-state index contributed by atoms with van der Waals surface area (Å²) < 4.78 is 5.42. The fourth-order valence-electron chi connectivity index (χ4n) is 2.45. The summed E-state index contributed by atoms with van der Waals surface area (Å²) in [6, 6.07) is 2.34. The van der Waals surface area contributed by atoms with Crippen molar-refractivity contribution in [2.45, 2.75) is 38.6 Å². The summed E-state index contributed by atoms with van der Waals surface area (Å²) in [5, 5.41) is 0. The van der Waals surface area contributed by atoms with Crippen LogP contribution in [0.25, 0.3) is 0 Å². The second kappa shape index (κ2) is 6.54. The van der Waals surface area contributed by atoms with Crippen LogP contribution >= 0.6 is 0 Å². The summed E-state index contributed by atoms with van der Waals surface area (Å²) in [4.78, 5) is 11.1. The lowest BCUT2D eigenvalue weighted by molar-refractivity contribution is 0.326. The van der Waals surface area contributed by atoms with Crippen molar-refractivity contribution in [3.63, 3.8) is 0 Å². The average molecular weight is 250 g/mol. The monoisotopic (exact) mass is 250 g/mol. The standard InChI is InChI=1S/C13H22N4O/c1-2-18-12-7-9-15-13(16-12)17-10-4-6-11(17)5-3-8-14/h7,9,11H,2-6,8,10,14H2,1H3. The predicted octanol–water partition coefficient (Wildman–Crippen LogP) is 1.58. The molecule has 18 heavy (non-hydrogen) atoms. The summed E-state index contributed by atoms with van der Waals surface area (Å²) in [5.74, 6) is 1.45. The Morgan fingerprint density at radius 3 is 3.22 bits per heavy atom. The average Bonchev–Trinajstić information content (AvgIpc) is 2.85. The fourth-order valence-corrected chi connectivity index (χ4v) is 2.45. The zero-order valence-corrected chi connectivity index (χ0v) is 11.0. The van der Waals surface area contributed by atoms with Gasteiger partial charge in [0, 0.05) is 24.8 Å². The Balaban J connectivity index is 2.06. The van der Waals surface area contributed by atoms with Gasteiger partial charge in [0.1, 0.15) is 0 Å². The van der Waals surface area contributed by atoms with Crippen LogP contribution in [-0.2, 0) is 0 Å². The van der Waals surface area contributed by atoms with Gasteiger partial charge < -0.3 is 15.4 Å². The molecule has 0 amide bonds. The third kappa shape index (κ3) is 3.10. The number of anilines is 1. The minimum Gasteiger partial charge on any atom is -0.478 e. The lowest BCUT2D eigenvalue weighted by Gasteiger charge is -2.24. The van der Waals surface area contributed by atoms with E-state index in [4.69, 9.17) is 10.5 Å². The van der Waals surface area contributed by atoms with Gasteiger partial charge in [-0.1, -0.05) is 0 Å². The highest BCUT2D eigenvalue weighted by molar-refractivity contribution is 5.35. The van der Waals surface area contributed by atoms with E-state index in [-0.39, 0.29) is 0 Å². The quantitative estimate of drug-likeness (QED) is 0.830. The van der Waals surface area contributed by atoms with Gasteiger partial charge >= 0.3 is 0 Å². The number of rotatable bonds is 6. The van der Waals surface area contributed by atoms with Crippen molar-refractivity contribution >= 4 is 5.95 Å². The number of nitrogens with two attached hydrogens (primary N) is 1. The smallest absolute Gasteiger partial charge is 0.228 e. The third-order valence-electron chi connectivity index (χ3n) is 3.29. The molecule has 0 aliphatic carbocycles. The highest BCUT2D eigenvalue weighted by Crippen LogP contribution is 2.26. The topological polar surface area (TPSA) is 64.3 Å². The number of aromatic nitrogens is 2. The van der Waals surface area contributed by atoms with Gasteiger partial charge in [0.2, 0.25) is 11.8 Å². The molecule has 0 saturated carbocycles. The van der Waals surface area contributed by atoms with Crippen LogP contribution in [0.2, 0.25) is 0 Å². The van der Waals surface area contributed by atoms with Gasteiger partial charge in [-0.05, 0) is 39.2 Å². The Morgan fingerprint density at radius 1 is 1.56 bits per heavy atom. The molecule has 1 aliphatic rings. The van der Waals surface area contributed by atoms with Crippen LogP contribution in [0.5, 0.6) is 5.88 Å². The van der Waals surface area contributed by atoms with Crippen molar-refractivity contribution < 1.29 is 4.74 Å². The lowest BCUT2D eigenvalue weighted by atomic mass is 10.1. The normalized spacial score (nSPS) is 19.2. The maximum Gasteiger partial charge on any atom is 0.228 e. The van der Waals surface area contributed by atoms with E-state index in [2.05, 4.69) is 14.9 Å². The molecule has 1 aromatic heterocycles. The van der Waals surface area contributed by atoms with Crippen LogP contribution in [0.3, 0.4) is 0 Å². The van der Waals surface area contributed by atoms with Gasteiger partial charge in [-0.3, -0.25) is 0 Å². The van der Waals surface area contributed by atoms with Crippen molar-refractivity contribution in [3.8, 4) is 5.88 Å².